The van der Waals surface area contributed by atoms with Crippen LogP contribution in [0.25, 0.3) is 17.2 Å². The largest absolute Gasteiger partial charge is 0.0609 e. The van der Waals surface area contributed by atoms with Crippen LogP contribution in [0.15, 0.2) is 42.0 Å². The van der Waals surface area contributed by atoms with Gasteiger partial charge in [-0.25, -0.2) is 0 Å². The molecule has 0 aliphatic heterocycles. The summed E-state index contributed by atoms with van der Waals surface area (Å²) >= 11 is 0. The Kier molecular flexibility index (Phi) is 6.33. The third-order valence-corrected chi connectivity index (χ3v) is 10.1. The van der Waals surface area contributed by atoms with E-state index in [0.29, 0.717) is 5.41 Å². The Morgan fingerprint density at radius 3 is 2.12 bits per heavy atom. The smallest absolute Gasteiger partial charge is 0.0164 e. The number of benzene rings is 2. The van der Waals surface area contributed by atoms with E-state index in [1.807, 2.05) is 0 Å². The maximum atomic E-state index is 2.52. The fourth-order valence-electron chi connectivity index (χ4n) is 9.08. The van der Waals surface area contributed by atoms with E-state index in [0.717, 1.165) is 23.7 Å². The summed E-state index contributed by atoms with van der Waals surface area (Å²) in [5.74, 6) is 3.94. The van der Waals surface area contributed by atoms with Crippen LogP contribution < -0.4 is 0 Å². The normalized spacial score (nSPS) is 31.8. The maximum Gasteiger partial charge on any atom is 0.0164 e. The second-order valence-electron chi connectivity index (χ2n) is 12.7. The van der Waals surface area contributed by atoms with Crippen LogP contribution in [0.5, 0.6) is 0 Å². The van der Waals surface area contributed by atoms with Gasteiger partial charge in [0.05, 0.1) is 0 Å². The van der Waals surface area contributed by atoms with Crippen molar-refractivity contribution in [2.24, 2.45) is 23.7 Å². The SMILES string of the molecule is Cc1cc2c(c(-c3ccc(C45CC6CC(CC(C6)C4)C5)cc3)c1)C=C(CC1CCCCC1)[CH]2.[Zr]. The van der Waals surface area contributed by atoms with Crippen LogP contribution in [-0.2, 0) is 31.6 Å². The van der Waals surface area contributed by atoms with Crippen molar-refractivity contribution >= 4 is 6.08 Å². The molecule has 34 heavy (non-hydrogen) atoms. The molecule has 4 bridgehead atoms. The average molecular weight is 527 g/mol. The molecule has 0 heterocycles. The Labute approximate surface area is 226 Å². The zero-order valence-corrected chi connectivity index (χ0v) is 23.4. The van der Waals surface area contributed by atoms with Gasteiger partial charge in [-0.2, -0.15) is 0 Å². The van der Waals surface area contributed by atoms with Crippen LogP contribution in [0.1, 0.15) is 99.3 Å². The molecule has 1 radical (unpaired) electrons. The van der Waals surface area contributed by atoms with Gasteiger partial charge < -0.3 is 0 Å². The molecule has 0 spiro atoms. The minimum absolute atomic E-state index is 0. The van der Waals surface area contributed by atoms with Crippen molar-refractivity contribution in [2.45, 2.75) is 89.4 Å². The Morgan fingerprint density at radius 2 is 1.47 bits per heavy atom. The van der Waals surface area contributed by atoms with Gasteiger partial charge in [0.25, 0.3) is 0 Å². The van der Waals surface area contributed by atoms with Crippen molar-refractivity contribution in [1.29, 1.82) is 0 Å². The van der Waals surface area contributed by atoms with Crippen molar-refractivity contribution in [3.05, 3.63) is 70.6 Å². The van der Waals surface area contributed by atoms with E-state index in [4.69, 9.17) is 0 Å². The summed E-state index contributed by atoms with van der Waals surface area (Å²) in [5.41, 5.74) is 10.9. The molecule has 0 nitrogen and oxygen atoms in total. The predicted molar refractivity (Wildman–Crippen MR) is 139 cm³/mol. The quantitative estimate of drug-likeness (QED) is 0.373. The van der Waals surface area contributed by atoms with Gasteiger partial charge in [0, 0.05) is 32.6 Å². The Bertz CT molecular complexity index is 1050. The first kappa shape index (κ1) is 23.5. The van der Waals surface area contributed by atoms with Gasteiger partial charge in [-0.05, 0) is 109 Å². The van der Waals surface area contributed by atoms with Crippen molar-refractivity contribution in [2.75, 3.05) is 0 Å². The van der Waals surface area contributed by atoms with Crippen LogP contribution in [0.4, 0.5) is 0 Å². The summed E-state index contributed by atoms with van der Waals surface area (Å²) in [6.45, 7) is 2.26. The van der Waals surface area contributed by atoms with Gasteiger partial charge in [0.15, 0.2) is 0 Å². The summed E-state index contributed by atoms with van der Waals surface area (Å²) in [5, 5.41) is 0. The predicted octanol–water partition coefficient (Wildman–Crippen LogP) is 9.05. The summed E-state index contributed by atoms with van der Waals surface area (Å²) in [7, 11) is 0. The second kappa shape index (κ2) is 9.18. The van der Waals surface area contributed by atoms with E-state index in [-0.39, 0.29) is 26.2 Å². The molecule has 1 heteroatoms. The molecule has 8 rings (SSSR count). The Balaban J connectivity index is 0.00000217. The molecule has 0 atom stereocenters. The molecule has 5 fully saturated rings. The molecule has 0 amide bonds. The van der Waals surface area contributed by atoms with Crippen molar-refractivity contribution in [3.63, 3.8) is 0 Å². The van der Waals surface area contributed by atoms with Gasteiger partial charge >= 0.3 is 0 Å². The molecule has 2 aromatic rings. The van der Waals surface area contributed by atoms with E-state index in [2.05, 4.69) is 55.8 Å². The van der Waals surface area contributed by atoms with Crippen molar-refractivity contribution in [1.82, 2.24) is 0 Å². The van der Waals surface area contributed by atoms with E-state index < -0.39 is 0 Å². The molecule has 0 unspecified atom stereocenters. The first-order chi connectivity index (χ1) is 16.1. The maximum absolute atomic E-state index is 2.52. The Morgan fingerprint density at radius 1 is 0.824 bits per heavy atom. The zero-order valence-electron chi connectivity index (χ0n) is 20.9. The van der Waals surface area contributed by atoms with Crippen LogP contribution in [0.2, 0.25) is 0 Å². The molecule has 0 aromatic heterocycles. The monoisotopic (exact) mass is 525 g/mol. The molecule has 5 saturated carbocycles. The second-order valence-corrected chi connectivity index (χ2v) is 12.7. The number of rotatable bonds is 4. The van der Waals surface area contributed by atoms with Gasteiger partial charge in [-0.15, -0.1) is 0 Å². The fraction of sp³-hybridized carbons (Fsp3) is 0.545. The van der Waals surface area contributed by atoms with Crippen LogP contribution in [0.3, 0.4) is 0 Å². The number of allylic oxidation sites excluding steroid dienone is 1. The summed E-state index contributed by atoms with van der Waals surface area (Å²) < 4.78 is 0. The van der Waals surface area contributed by atoms with Crippen LogP contribution in [-0.4, -0.2) is 0 Å². The molecule has 0 saturated heterocycles. The third kappa shape index (κ3) is 4.17. The summed E-state index contributed by atoms with van der Waals surface area (Å²) in [6.07, 6.45) is 22.4. The Hall–Kier alpha value is -0.937. The standard InChI is InChI=1S/C33H39.Zr/c1-22-11-29-17-24(13-23-5-3-2-4-6-23)18-32(29)31(12-22)28-7-9-30(10-8-28)33-19-25-14-26(20-33)16-27(15-25)21-33;/h7-12,17-18,23,25-27H,2-6,13-16,19-21H2,1H3;. The summed E-state index contributed by atoms with van der Waals surface area (Å²) in [6, 6.07) is 14.8. The van der Waals surface area contributed by atoms with E-state index in [1.54, 1.807) is 11.1 Å². The number of fused-ring (bicyclic) bond motifs is 1. The average Bonchev–Trinajstić information content (AvgIpc) is 3.20. The van der Waals surface area contributed by atoms with Crippen LogP contribution in [0, 0.1) is 37.0 Å². The number of hydrogen-bond donors (Lipinski definition) is 0. The van der Waals surface area contributed by atoms with Gasteiger partial charge in [0.2, 0.25) is 0 Å². The molecule has 6 aliphatic carbocycles. The van der Waals surface area contributed by atoms with Crippen LogP contribution >= 0.6 is 0 Å². The molecule has 6 aliphatic rings. The van der Waals surface area contributed by atoms with Gasteiger partial charge in [-0.1, -0.05) is 85.7 Å². The van der Waals surface area contributed by atoms with E-state index >= 15 is 0 Å². The number of hydrogen-bond acceptors (Lipinski definition) is 0. The molecule has 175 valence electrons. The van der Waals surface area contributed by atoms with E-state index in [9.17, 15) is 0 Å². The molecular weight excluding hydrogens is 488 g/mol. The van der Waals surface area contributed by atoms with Crippen molar-refractivity contribution in [3.8, 4) is 11.1 Å². The first-order valence-electron chi connectivity index (χ1n) is 13.9. The fourth-order valence-corrected chi connectivity index (χ4v) is 9.08. The van der Waals surface area contributed by atoms with Gasteiger partial charge in [-0.3, -0.25) is 0 Å². The zero-order chi connectivity index (χ0) is 22.0. The molecule has 0 N–H and O–H groups in total. The van der Waals surface area contributed by atoms with E-state index in [1.165, 1.54) is 105 Å². The third-order valence-electron chi connectivity index (χ3n) is 10.1. The first-order valence-corrected chi connectivity index (χ1v) is 13.9. The summed E-state index contributed by atoms with van der Waals surface area (Å²) in [4.78, 5) is 0. The topological polar surface area (TPSA) is 0 Å². The van der Waals surface area contributed by atoms with Gasteiger partial charge in [0.1, 0.15) is 0 Å². The molecule has 2 aromatic carbocycles. The molecular formula is C33H39Zr. The number of aryl methyl sites for hydroxylation is 1. The minimum atomic E-state index is 0. The van der Waals surface area contributed by atoms with Crippen molar-refractivity contribution < 1.29 is 26.2 Å². The minimum Gasteiger partial charge on any atom is -0.0609 e.